The van der Waals surface area contributed by atoms with Crippen LogP contribution in [0.4, 0.5) is 0 Å². The molecule has 5 nitrogen and oxygen atoms in total. The number of aliphatic carboxylic acids is 1. The van der Waals surface area contributed by atoms with Gasteiger partial charge in [-0.25, -0.2) is 4.79 Å². The summed E-state index contributed by atoms with van der Waals surface area (Å²) >= 11 is 0. The summed E-state index contributed by atoms with van der Waals surface area (Å²) in [4.78, 5) is 14.2. The van der Waals surface area contributed by atoms with E-state index in [2.05, 4.69) is 18.7 Å². The van der Waals surface area contributed by atoms with Crippen molar-refractivity contribution in [3.63, 3.8) is 0 Å². The molecule has 0 aromatic rings. The van der Waals surface area contributed by atoms with E-state index in [1.165, 1.54) is 38.8 Å². The molecule has 0 aromatic carbocycles. The lowest BCUT2D eigenvalue weighted by molar-refractivity contribution is -0.132. The Balaban J connectivity index is 4.52. The Morgan fingerprint density at radius 3 is 2.07 bits per heavy atom. The van der Waals surface area contributed by atoms with Crippen LogP contribution in [-0.2, 0) is 13.9 Å². The molecule has 6 heteroatoms. The number of carboxylic acids is 1. The van der Waals surface area contributed by atoms with Crippen LogP contribution in [0.3, 0.4) is 0 Å². The van der Waals surface area contributed by atoms with Crippen LogP contribution >= 0.6 is 7.37 Å². The minimum atomic E-state index is -2.94. The fourth-order valence-electron chi connectivity index (χ4n) is 3.47. The van der Waals surface area contributed by atoms with Gasteiger partial charge in [0, 0.05) is 11.7 Å². The quantitative estimate of drug-likeness (QED) is 0.145. The molecule has 0 bridgehead atoms. The summed E-state index contributed by atoms with van der Waals surface area (Å²) in [6, 6.07) is 0. The Morgan fingerprint density at radius 2 is 1.59 bits per heavy atom. The van der Waals surface area contributed by atoms with Gasteiger partial charge in [-0.2, -0.15) is 0 Å². The number of carboxylic acid groups (broad SMARTS) is 1. The van der Waals surface area contributed by atoms with Crippen LogP contribution in [0, 0.1) is 5.92 Å². The number of hydrogen-bond donors (Lipinski definition) is 1. The van der Waals surface area contributed by atoms with Crippen molar-refractivity contribution in [2.45, 2.75) is 86.0 Å². The van der Waals surface area contributed by atoms with Crippen LogP contribution < -0.4 is 0 Å². The van der Waals surface area contributed by atoms with Gasteiger partial charge in [-0.15, -0.1) is 0 Å². The molecule has 0 saturated carbocycles. The molecule has 172 valence electrons. The van der Waals surface area contributed by atoms with E-state index in [1.807, 2.05) is 13.8 Å². The predicted molar refractivity (Wildman–Crippen MR) is 124 cm³/mol. The molecule has 1 atom stereocenters. The van der Waals surface area contributed by atoms with E-state index in [-0.39, 0.29) is 17.7 Å². The first-order valence-corrected chi connectivity index (χ1v) is 13.6. The van der Waals surface area contributed by atoms with Crippen LogP contribution in [0.25, 0.3) is 0 Å². The van der Waals surface area contributed by atoms with Crippen molar-refractivity contribution in [3.8, 4) is 0 Å². The van der Waals surface area contributed by atoms with E-state index in [1.54, 1.807) is 13.0 Å². The average molecular weight is 432 g/mol. The van der Waals surface area contributed by atoms with Gasteiger partial charge in [-0.3, -0.25) is 4.57 Å². The average Bonchev–Trinajstić information content (AvgIpc) is 2.64. The van der Waals surface area contributed by atoms with Gasteiger partial charge in [-0.1, -0.05) is 53.0 Å². The van der Waals surface area contributed by atoms with Crippen LogP contribution in [0.15, 0.2) is 11.6 Å². The molecule has 0 radical (unpaired) electrons. The zero-order chi connectivity index (χ0) is 22.1. The lowest BCUT2D eigenvalue weighted by atomic mass is 10.1. The first-order chi connectivity index (χ1) is 13.8. The molecule has 0 aliphatic rings. The molecule has 0 aromatic heterocycles. The van der Waals surface area contributed by atoms with Crippen molar-refractivity contribution >= 4 is 13.3 Å². The number of allylic oxidation sites excluding steroid dienone is 1. The molecule has 0 heterocycles. The third kappa shape index (κ3) is 14.9. The highest BCUT2D eigenvalue weighted by molar-refractivity contribution is 7.59. The SMILES string of the molecule is CCCCN(CCCC)CCCCC/C=C(\CP(=O)(CC(C)C)OCC)C(=O)O. The molecule has 1 N–H and O–H groups in total. The molecule has 0 fully saturated rings. The molecular weight excluding hydrogens is 385 g/mol. The monoisotopic (exact) mass is 431 g/mol. The second-order valence-electron chi connectivity index (χ2n) is 8.40. The standard InChI is InChI=1S/C23H46NO4P/c1-6-9-16-24(17-10-7-2)18-14-12-11-13-15-22(23(25)26)20-29(27,28-8-3)19-21(4)5/h15,21H,6-14,16-20H2,1-5H3,(H,25,26)/b22-15+. The van der Waals surface area contributed by atoms with Gasteiger partial charge >= 0.3 is 5.97 Å². The maximum atomic E-state index is 13.0. The van der Waals surface area contributed by atoms with Crippen molar-refractivity contribution in [1.82, 2.24) is 4.90 Å². The van der Waals surface area contributed by atoms with Crippen molar-refractivity contribution in [2.75, 3.05) is 38.6 Å². The van der Waals surface area contributed by atoms with Gasteiger partial charge in [0.25, 0.3) is 0 Å². The Hall–Kier alpha value is -0.640. The maximum Gasteiger partial charge on any atom is 0.331 e. The minimum absolute atomic E-state index is 0.0379. The topological polar surface area (TPSA) is 66.8 Å². The summed E-state index contributed by atoms with van der Waals surface area (Å²) in [6.07, 6.45) is 11.1. The minimum Gasteiger partial charge on any atom is -0.478 e. The molecule has 0 aliphatic carbocycles. The second kappa shape index (κ2) is 17.1. The highest BCUT2D eigenvalue weighted by Crippen LogP contribution is 2.50. The van der Waals surface area contributed by atoms with Crippen molar-refractivity contribution < 1.29 is 19.0 Å². The largest absolute Gasteiger partial charge is 0.478 e. The summed E-state index contributed by atoms with van der Waals surface area (Å²) < 4.78 is 18.5. The Labute approximate surface area is 179 Å². The molecule has 0 rings (SSSR count). The molecule has 0 saturated heterocycles. The van der Waals surface area contributed by atoms with Crippen molar-refractivity contribution in [2.24, 2.45) is 5.92 Å². The predicted octanol–water partition coefficient (Wildman–Crippen LogP) is 6.43. The molecular formula is C23H46NO4P. The van der Waals surface area contributed by atoms with Crippen LogP contribution in [0.5, 0.6) is 0 Å². The Bertz CT molecular complexity index is 497. The first-order valence-electron chi connectivity index (χ1n) is 11.6. The number of unbranched alkanes of at least 4 members (excludes halogenated alkanes) is 5. The summed E-state index contributed by atoms with van der Waals surface area (Å²) in [6.45, 7) is 14.1. The van der Waals surface area contributed by atoms with Gasteiger partial charge in [0.2, 0.25) is 7.37 Å². The van der Waals surface area contributed by atoms with E-state index in [4.69, 9.17) is 4.52 Å². The molecule has 0 spiro atoms. The fourth-order valence-corrected chi connectivity index (χ4v) is 6.16. The smallest absolute Gasteiger partial charge is 0.331 e. The lowest BCUT2D eigenvalue weighted by Gasteiger charge is -2.21. The molecule has 1 unspecified atom stereocenters. The van der Waals surface area contributed by atoms with Crippen LogP contribution in [-0.4, -0.2) is 54.5 Å². The summed E-state index contributed by atoms with van der Waals surface area (Å²) in [5, 5.41) is 9.53. The molecule has 29 heavy (non-hydrogen) atoms. The third-order valence-electron chi connectivity index (χ3n) is 4.92. The summed E-state index contributed by atoms with van der Waals surface area (Å²) in [7, 11) is -2.94. The highest BCUT2D eigenvalue weighted by Gasteiger charge is 2.27. The van der Waals surface area contributed by atoms with Gasteiger partial charge in [0.1, 0.15) is 0 Å². The van der Waals surface area contributed by atoms with E-state index < -0.39 is 13.3 Å². The van der Waals surface area contributed by atoms with Gasteiger partial charge in [0.15, 0.2) is 0 Å². The van der Waals surface area contributed by atoms with E-state index >= 15 is 0 Å². The zero-order valence-corrected chi connectivity index (χ0v) is 20.5. The molecule has 0 aliphatic heterocycles. The van der Waals surface area contributed by atoms with E-state index in [9.17, 15) is 14.5 Å². The number of rotatable bonds is 19. The van der Waals surface area contributed by atoms with Gasteiger partial charge in [-0.05, 0) is 64.6 Å². The van der Waals surface area contributed by atoms with E-state index in [0.717, 1.165) is 32.2 Å². The zero-order valence-electron chi connectivity index (χ0n) is 19.6. The highest BCUT2D eigenvalue weighted by atomic mass is 31.2. The number of nitrogens with zero attached hydrogens (tertiary/aromatic N) is 1. The van der Waals surface area contributed by atoms with Gasteiger partial charge < -0.3 is 14.5 Å². The summed E-state index contributed by atoms with van der Waals surface area (Å²) in [5.74, 6) is -0.759. The van der Waals surface area contributed by atoms with Crippen LogP contribution in [0.2, 0.25) is 0 Å². The summed E-state index contributed by atoms with van der Waals surface area (Å²) in [5.41, 5.74) is 0.245. The number of hydrogen-bond acceptors (Lipinski definition) is 4. The lowest BCUT2D eigenvalue weighted by Crippen LogP contribution is -2.27. The van der Waals surface area contributed by atoms with Crippen LogP contribution in [0.1, 0.15) is 86.0 Å². The van der Waals surface area contributed by atoms with Crippen molar-refractivity contribution in [1.29, 1.82) is 0 Å². The van der Waals surface area contributed by atoms with E-state index in [0.29, 0.717) is 12.8 Å². The normalized spacial score (nSPS) is 14.5. The Kier molecular flexibility index (Phi) is 16.7. The number of carbonyl (C=O) groups is 1. The molecule has 0 amide bonds. The van der Waals surface area contributed by atoms with Gasteiger partial charge in [0.05, 0.1) is 12.8 Å². The Morgan fingerprint density at radius 1 is 1.00 bits per heavy atom. The fraction of sp³-hybridized carbons (Fsp3) is 0.870. The maximum absolute atomic E-state index is 13.0. The second-order valence-corrected chi connectivity index (χ2v) is 11.0. The van der Waals surface area contributed by atoms with Crippen molar-refractivity contribution in [3.05, 3.63) is 11.6 Å². The third-order valence-corrected chi connectivity index (χ3v) is 7.76. The first kappa shape index (κ1) is 28.4.